The third kappa shape index (κ3) is 2.42. The van der Waals surface area contributed by atoms with Crippen LogP contribution >= 0.6 is 28.6 Å². The number of rotatable bonds is 2. The zero-order valence-corrected chi connectivity index (χ0v) is 12.0. The summed E-state index contributed by atoms with van der Waals surface area (Å²) in [5.74, 6) is 1.50. The Hall–Kier alpha value is -0.750. The summed E-state index contributed by atoms with van der Waals surface area (Å²) in [6.45, 7) is 2.54. The van der Waals surface area contributed by atoms with Crippen molar-refractivity contribution in [3.05, 3.63) is 16.2 Å². The number of nitrogen functional groups attached to an aromatic ring is 1. The van der Waals surface area contributed by atoms with E-state index in [1.165, 1.54) is 0 Å². The summed E-state index contributed by atoms with van der Waals surface area (Å²) in [7, 11) is 0. The topological polar surface area (TPSA) is 59.2 Å². The molecule has 1 fully saturated rings. The van der Waals surface area contributed by atoms with Crippen molar-refractivity contribution in [3.63, 3.8) is 0 Å². The highest BCUT2D eigenvalue weighted by Gasteiger charge is 2.31. The van der Waals surface area contributed by atoms with Crippen molar-refractivity contribution in [1.82, 2.24) is 4.98 Å². The van der Waals surface area contributed by atoms with E-state index in [4.69, 9.17) is 5.73 Å². The molecule has 92 valence electrons. The van der Waals surface area contributed by atoms with Gasteiger partial charge in [0.1, 0.15) is 5.82 Å². The second-order valence-corrected chi connectivity index (χ2v) is 5.44. The monoisotopic (exact) mass is 315 g/mol. The largest absolute Gasteiger partial charge is 0.382 e. The molecule has 1 atom stereocenters. The van der Waals surface area contributed by atoms with E-state index in [1.54, 1.807) is 4.90 Å². The Morgan fingerprint density at radius 1 is 1.71 bits per heavy atom. The van der Waals surface area contributed by atoms with E-state index in [0.29, 0.717) is 36.1 Å². The maximum Gasteiger partial charge on any atom is 0.227 e. The molecule has 2 N–H and O–H groups in total. The fourth-order valence-electron chi connectivity index (χ4n) is 1.94. The molecule has 1 aliphatic rings. The van der Waals surface area contributed by atoms with Crippen LogP contribution in [0.2, 0.25) is 0 Å². The van der Waals surface area contributed by atoms with Crippen LogP contribution in [0.5, 0.6) is 0 Å². The zero-order valence-electron chi connectivity index (χ0n) is 9.48. The molecule has 17 heavy (non-hydrogen) atoms. The number of halogens is 1. The molecular weight excluding hydrogens is 302 g/mol. The lowest BCUT2D eigenvalue weighted by atomic mass is 10.1. The Morgan fingerprint density at radius 3 is 3.00 bits per heavy atom. The summed E-state index contributed by atoms with van der Waals surface area (Å²) in [6, 6.07) is 1.86. The SMILES string of the molecule is Cc1nc(N)c(N2CC(CS)CC2=O)cc1Br. The van der Waals surface area contributed by atoms with E-state index in [0.717, 1.165) is 10.2 Å². The van der Waals surface area contributed by atoms with Gasteiger partial charge >= 0.3 is 0 Å². The van der Waals surface area contributed by atoms with Gasteiger partial charge in [-0.3, -0.25) is 4.79 Å². The van der Waals surface area contributed by atoms with Crippen molar-refractivity contribution in [2.75, 3.05) is 22.9 Å². The van der Waals surface area contributed by atoms with Crippen LogP contribution < -0.4 is 10.6 Å². The molecule has 0 spiro atoms. The van der Waals surface area contributed by atoms with Gasteiger partial charge in [0.25, 0.3) is 0 Å². The highest BCUT2D eigenvalue weighted by molar-refractivity contribution is 9.10. The third-order valence-electron chi connectivity index (χ3n) is 2.91. The molecular formula is C11H14BrN3OS. The number of hydrogen-bond donors (Lipinski definition) is 2. The minimum atomic E-state index is 0.0910. The van der Waals surface area contributed by atoms with E-state index in [-0.39, 0.29) is 5.91 Å². The average Bonchev–Trinajstić information content (AvgIpc) is 2.65. The number of aromatic nitrogens is 1. The second kappa shape index (κ2) is 4.86. The lowest BCUT2D eigenvalue weighted by Gasteiger charge is -2.18. The number of amides is 1. The summed E-state index contributed by atoms with van der Waals surface area (Å²) in [4.78, 5) is 17.8. The number of carbonyl (C=O) groups excluding carboxylic acids is 1. The van der Waals surface area contributed by atoms with Crippen LogP contribution in [0.25, 0.3) is 0 Å². The first kappa shape index (κ1) is 12.7. The Morgan fingerprint density at radius 2 is 2.41 bits per heavy atom. The number of pyridine rings is 1. The molecule has 0 radical (unpaired) electrons. The molecule has 4 nitrogen and oxygen atoms in total. The van der Waals surface area contributed by atoms with Crippen LogP contribution in [0.3, 0.4) is 0 Å². The van der Waals surface area contributed by atoms with Crippen molar-refractivity contribution >= 4 is 46.0 Å². The number of thiol groups is 1. The summed E-state index contributed by atoms with van der Waals surface area (Å²) in [5, 5.41) is 0. The number of carbonyl (C=O) groups is 1. The fraction of sp³-hybridized carbons (Fsp3) is 0.455. The Bertz CT molecular complexity index is 466. The van der Waals surface area contributed by atoms with Gasteiger partial charge in [0.05, 0.1) is 11.4 Å². The van der Waals surface area contributed by atoms with Gasteiger partial charge in [0.2, 0.25) is 5.91 Å². The molecule has 0 aliphatic carbocycles. The van der Waals surface area contributed by atoms with E-state index in [1.807, 2.05) is 13.0 Å². The van der Waals surface area contributed by atoms with Crippen molar-refractivity contribution in [2.45, 2.75) is 13.3 Å². The number of hydrogen-bond acceptors (Lipinski definition) is 4. The van der Waals surface area contributed by atoms with E-state index < -0.39 is 0 Å². The number of nitrogens with zero attached hydrogens (tertiary/aromatic N) is 2. The van der Waals surface area contributed by atoms with Gasteiger partial charge in [-0.25, -0.2) is 4.98 Å². The smallest absolute Gasteiger partial charge is 0.227 e. The minimum Gasteiger partial charge on any atom is -0.382 e. The molecule has 1 saturated heterocycles. The van der Waals surface area contributed by atoms with Crippen LogP contribution in [0.1, 0.15) is 12.1 Å². The molecule has 1 aromatic rings. The standard InChI is InChI=1S/C11H14BrN3OS/c1-6-8(12)3-9(11(13)14-6)15-4-7(5-17)2-10(15)16/h3,7,17H,2,4-5H2,1H3,(H2,13,14). The Kier molecular flexibility index (Phi) is 3.63. The highest BCUT2D eigenvalue weighted by Crippen LogP contribution is 2.32. The molecule has 6 heteroatoms. The lowest BCUT2D eigenvalue weighted by Crippen LogP contribution is -2.26. The van der Waals surface area contributed by atoms with Crippen molar-refractivity contribution in [3.8, 4) is 0 Å². The van der Waals surface area contributed by atoms with Crippen LogP contribution in [0, 0.1) is 12.8 Å². The van der Waals surface area contributed by atoms with Gasteiger partial charge in [0, 0.05) is 17.4 Å². The van der Waals surface area contributed by atoms with Gasteiger partial charge in [-0.15, -0.1) is 0 Å². The molecule has 2 rings (SSSR count). The van der Waals surface area contributed by atoms with Crippen LogP contribution in [-0.2, 0) is 4.79 Å². The molecule has 0 aromatic carbocycles. The van der Waals surface area contributed by atoms with Crippen molar-refractivity contribution in [2.24, 2.45) is 5.92 Å². The first-order valence-corrected chi connectivity index (χ1v) is 6.79. The average molecular weight is 316 g/mol. The van der Waals surface area contributed by atoms with Gasteiger partial charge in [-0.2, -0.15) is 12.6 Å². The van der Waals surface area contributed by atoms with Crippen molar-refractivity contribution < 1.29 is 4.79 Å². The van der Waals surface area contributed by atoms with Crippen LogP contribution in [0.4, 0.5) is 11.5 Å². The van der Waals surface area contributed by atoms with E-state index >= 15 is 0 Å². The Labute approximate surface area is 114 Å². The van der Waals surface area contributed by atoms with Crippen LogP contribution in [-0.4, -0.2) is 23.2 Å². The molecule has 1 aromatic heterocycles. The highest BCUT2D eigenvalue weighted by atomic mass is 79.9. The molecule has 0 bridgehead atoms. The van der Waals surface area contributed by atoms with Gasteiger partial charge in [0.15, 0.2) is 0 Å². The first-order chi connectivity index (χ1) is 8.02. The van der Waals surface area contributed by atoms with Crippen LogP contribution in [0.15, 0.2) is 10.5 Å². The number of anilines is 2. The molecule has 1 amide bonds. The van der Waals surface area contributed by atoms with Gasteiger partial charge in [-0.1, -0.05) is 0 Å². The number of nitrogens with two attached hydrogens (primary N) is 1. The third-order valence-corrected chi connectivity index (χ3v) is 4.23. The van der Waals surface area contributed by atoms with Gasteiger partial charge < -0.3 is 10.6 Å². The van der Waals surface area contributed by atoms with Gasteiger partial charge in [-0.05, 0) is 40.6 Å². The second-order valence-electron chi connectivity index (χ2n) is 4.22. The fourth-order valence-corrected chi connectivity index (χ4v) is 2.49. The summed E-state index contributed by atoms with van der Waals surface area (Å²) >= 11 is 7.65. The lowest BCUT2D eigenvalue weighted by molar-refractivity contribution is -0.117. The van der Waals surface area contributed by atoms with E-state index in [9.17, 15) is 4.79 Å². The first-order valence-electron chi connectivity index (χ1n) is 5.36. The minimum absolute atomic E-state index is 0.0910. The quantitative estimate of drug-likeness (QED) is 0.821. The summed E-state index contributed by atoms with van der Waals surface area (Å²) < 4.78 is 0.865. The maximum atomic E-state index is 11.9. The van der Waals surface area contributed by atoms with E-state index in [2.05, 4.69) is 33.5 Å². The maximum absolute atomic E-state index is 11.9. The molecule has 0 saturated carbocycles. The normalized spacial score (nSPS) is 20.1. The molecule has 1 unspecified atom stereocenters. The molecule has 2 heterocycles. The predicted molar refractivity (Wildman–Crippen MR) is 75.4 cm³/mol. The number of aryl methyl sites for hydroxylation is 1. The Balaban J connectivity index is 2.35. The molecule has 1 aliphatic heterocycles. The van der Waals surface area contributed by atoms with Crippen molar-refractivity contribution in [1.29, 1.82) is 0 Å². The predicted octanol–water partition coefficient (Wildman–Crippen LogP) is 2.02. The zero-order chi connectivity index (χ0) is 12.6. The summed E-state index contributed by atoms with van der Waals surface area (Å²) in [6.07, 6.45) is 0.536. The summed E-state index contributed by atoms with van der Waals surface area (Å²) in [5.41, 5.74) is 7.39.